The molecule has 3 unspecified atom stereocenters. The van der Waals surface area contributed by atoms with Crippen LogP contribution in [0, 0.1) is 0 Å². The first-order valence-corrected chi connectivity index (χ1v) is 21.3. The summed E-state index contributed by atoms with van der Waals surface area (Å²) in [7, 11) is 0. The Morgan fingerprint density at radius 1 is 0.660 bits per heavy atom. The molecule has 0 spiro atoms. The fourth-order valence-electron chi connectivity index (χ4n) is 6.51. The van der Waals surface area contributed by atoms with E-state index in [4.69, 9.17) is 24.1 Å². The second-order valence-electron chi connectivity index (χ2n) is 14.5. The average Bonchev–Trinajstić information content (AvgIpc) is 3.11. The number of allylic oxidation sites excluding steroid dienone is 5. The molecule has 0 saturated carbocycles. The molecular weight excluding hydrogens is 624 g/mol. The summed E-state index contributed by atoms with van der Waals surface area (Å²) in [6.07, 6.45) is 46.8. The first-order valence-electron chi connectivity index (χ1n) is 21.3. The summed E-state index contributed by atoms with van der Waals surface area (Å²) in [5.41, 5.74) is 0. The maximum Gasteiger partial charge on any atom is 0.506 e. The largest absolute Gasteiger partial charge is 0.506 e. The molecule has 50 heavy (non-hydrogen) atoms. The van der Waals surface area contributed by atoms with Crippen LogP contribution in [-0.2, 0) is 18.9 Å². The van der Waals surface area contributed by atoms with E-state index in [2.05, 4.69) is 50.3 Å². The van der Waals surface area contributed by atoms with Crippen LogP contribution in [0.5, 0.6) is 0 Å². The van der Waals surface area contributed by atoms with Crippen molar-refractivity contribution in [2.24, 2.45) is 0 Å². The highest BCUT2D eigenvalue weighted by molar-refractivity contribution is 5.57. The molecule has 0 aromatic carbocycles. The van der Waals surface area contributed by atoms with Crippen molar-refractivity contribution in [1.29, 1.82) is 0 Å². The van der Waals surface area contributed by atoms with Crippen LogP contribution in [0.2, 0.25) is 0 Å². The van der Waals surface area contributed by atoms with E-state index in [1.54, 1.807) is 0 Å². The molecule has 1 N–H and O–H groups in total. The lowest BCUT2D eigenvalue weighted by Crippen LogP contribution is -2.27. The third-order valence-electron chi connectivity index (χ3n) is 9.63. The SMILES string of the molecule is CCCCC/C=C\C/C=C\CCCCCCCCOCC(CCCCCCCCC=CCC(CCCCCC)OC1CCCCO1)OC(=O)O. The standard InChI is InChI=1S/C44H80O6/c1-3-5-7-9-10-11-12-13-14-15-16-17-21-24-27-32-38-47-40-42(50-44(45)46)36-30-26-23-20-18-19-22-25-29-35-41(34-28-8-6-4-2)49-43-37-31-33-39-48-43/h10-11,13-14,25,29,41-43H,3-9,12,15-24,26-28,30-40H2,1-2H3,(H,45,46)/b11-10-,14-13-,29-25?. The number of carboxylic acid groups (broad SMARTS) is 1. The molecule has 0 aliphatic carbocycles. The van der Waals surface area contributed by atoms with Crippen LogP contribution in [0.3, 0.4) is 0 Å². The maximum absolute atomic E-state index is 11.2. The summed E-state index contributed by atoms with van der Waals surface area (Å²) < 4.78 is 23.1. The van der Waals surface area contributed by atoms with Gasteiger partial charge in [0.05, 0.1) is 12.7 Å². The summed E-state index contributed by atoms with van der Waals surface area (Å²) in [5, 5.41) is 9.16. The monoisotopic (exact) mass is 705 g/mol. The van der Waals surface area contributed by atoms with Crippen molar-refractivity contribution in [3.8, 4) is 0 Å². The zero-order valence-electron chi connectivity index (χ0n) is 32.8. The predicted molar refractivity (Wildman–Crippen MR) is 211 cm³/mol. The van der Waals surface area contributed by atoms with Gasteiger partial charge >= 0.3 is 6.16 Å². The molecule has 1 saturated heterocycles. The van der Waals surface area contributed by atoms with Crippen molar-refractivity contribution >= 4 is 6.16 Å². The average molecular weight is 705 g/mol. The molecular formula is C44H80O6. The lowest BCUT2D eigenvalue weighted by molar-refractivity contribution is -0.188. The number of unbranched alkanes of at least 4 members (excludes halogenated alkanes) is 18. The molecule has 0 bridgehead atoms. The van der Waals surface area contributed by atoms with Gasteiger partial charge < -0.3 is 24.1 Å². The van der Waals surface area contributed by atoms with Gasteiger partial charge in [0.1, 0.15) is 6.10 Å². The second kappa shape index (κ2) is 37.1. The highest BCUT2D eigenvalue weighted by Gasteiger charge is 2.19. The van der Waals surface area contributed by atoms with Gasteiger partial charge in [-0.2, -0.15) is 0 Å². The van der Waals surface area contributed by atoms with E-state index in [1.165, 1.54) is 122 Å². The molecule has 6 nitrogen and oxygen atoms in total. The molecule has 6 heteroatoms. The van der Waals surface area contributed by atoms with Crippen LogP contribution in [0.1, 0.15) is 200 Å². The number of rotatable bonds is 36. The van der Waals surface area contributed by atoms with Crippen molar-refractivity contribution in [2.45, 2.75) is 219 Å². The van der Waals surface area contributed by atoms with E-state index in [0.717, 1.165) is 70.8 Å². The predicted octanol–water partition coefficient (Wildman–Crippen LogP) is 13.8. The van der Waals surface area contributed by atoms with Crippen molar-refractivity contribution in [3.63, 3.8) is 0 Å². The van der Waals surface area contributed by atoms with Crippen LogP contribution < -0.4 is 0 Å². The van der Waals surface area contributed by atoms with E-state index in [9.17, 15) is 4.79 Å². The fraction of sp³-hybridized carbons (Fsp3) is 0.841. The second-order valence-corrected chi connectivity index (χ2v) is 14.5. The van der Waals surface area contributed by atoms with Gasteiger partial charge in [-0.25, -0.2) is 4.79 Å². The molecule has 1 rings (SSSR count). The minimum atomic E-state index is -1.20. The van der Waals surface area contributed by atoms with Gasteiger partial charge in [0, 0.05) is 13.2 Å². The van der Waals surface area contributed by atoms with E-state index >= 15 is 0 Å². The highest BCUT2D eigenvalue weighted by Crippen LogP contribution is 2.21. The molecule has 0 radical (unpaired) electrons. The molecule has 1 aliphatic rings. The van der Waals surface area contributed by atoms with Gasteiger partial charge in [-0.15, -0.1) is 0 Å². The van der Waals surface area contributed by atoms with Gasteiger partial charge in [-0.05, 0) is 96.3 Å². The number of ether oxygens (including phenoxy) is 4. The van der Waals surface area contributed by atoms with Gasteiger partial charge in [0.25, 0.3) is 0 Å². The molecule has 1 aliphatic heterocycles. The highest BCUT2D eigenvalue weighted by atomic mass is 16.7. The fourth-order valence-corrected chi connectivity index (χ4v) is 6.51. The maximum atomic E-state index is 11.2. The van der Waals surface area contributed by atoms with Gasteiger partial charge in [0.2, 0.25) is 0 Å². The molecule has 1 heterocycles. The zero-order valence-corrected chi connectivity index (χ0v) is 32.8. The van der Waals surface area contributed by atoms with Gasteiger partial charge in [-0.3, -0.25) is 0 Å². The topological polar surface area (TPSA) is 74.2 Å². The summed E-state index contributed by atoms with van der Waals surface area (Å²) >= 11 is 0. The lowest BCUT2D eigenvalue weighted by atomic mass is 10.0. The Morgan fingerprint density at radius 2 is 1.20 bits per heavy atom. The molecule has 0 amide bonds. The molecule has 0 aromatic rings. The summed E-state index contributed by atoms with van der Waals surface area (Å²) in [5.74, 6) is 0. The normalized spacial score (nSPS) is 16.6. The van der Waals surface area contributed by atoms with E-state index < -0.39 is 6.16 Å². The van der Waals surface area contributed by atoms with E-state index in [-0.39, 0.29) is 18.5 Å². The van der Waals surface area contributed by atoms with E-state index in [0.29, 0.717) is 13.2 Å². The Labute approximate surface area is 309 Å². The van der Waals surface area contributed by atoms with Crippen molar-refractivity contribution < 1.29 is 28.8 Å². The van der Waals surface area contributed by atoms with Crippen LogP contribution in [0.25, 0.3) is 0 Å². The van der Waals surface area contributed by atoms with Crippen molar-refractivity contribution in [3.05, 3.63) is 36.5 Å². The van der Waals surface area contributed by atoms with Crippen LogP contribution in [0.15, 0.2) is 36.5 Å². The number of hydrogen-bond donors (Lipinski definition) is 1. The zero-order chi connectivity index (χ0) is 36.0. The van der Waals surface area contributed by atoms with Gasteiger partial charge in [0.15, 0.2) is 6.29 Å². The smallest absolute Gasteiger partial charge is 0.450 e. The first-order chi connectivity index (χ1) is 24.7. The van der Waals surface area contributed by atoms with Crippen LogP contribution in [-0.4, -0.2) is 49.6 Å². The summed E-state index contributed by atoms with van der Waals surface area (Å²) in [6, 6.07) is 0. The van der Waals surface area contributed by atoms with Crippen LogP contribution >= 0.6 is 0 Å². The third-order valence-corrected chi connectivity index (χ3v) is 9.63. The Balaban J connectivity index is 2.01. The Kier molecular flexibility index (Phi) is 34.5. The Bertz CT molecular complexity index is 802. The first kappa shape index (κ1) is 46.4. The van der Waals surface area contributed by atoms with Crippen LogP contribution in [0.4, 0.5) is 4.79 Å². The van der Waals surface area contributed by atoms with Crippen molar-refractivity contribution in [1.82, 2.24) is 0 Å². The molecule has 1 fully saturated rings. The van der Waals surface area contributed by atoms with Gasteiger partial charge in [-0.1, -0.05) is 140 Å². The molecule has 0 aromatic heterocycles. The van der Waals surface area contributed by atoms with Crippen molar-refractivity contribution in [2.75, 3.05) is 19.8 Å². The third kappa shape index (κ3) is 32.3. The molecule has 3 atom stereocenters. The lowest BCUT2D eigenvalue weighted by Gasteiger charge is -2.27. The number of hydrogen-bond acceptors (Lipinski definition) is 5. The Hall–Kier alpha value is -1.63. The van der Waals surface area contributed by atoms with E-state index in [1.807, 2.05) is 0 Å². The minimum Gasteiger partial charge on any atom is -0.450 e. The number of carbonyl (C=O) groups is 1. The Morgan fingerprint density at radius 3 is 1.82 bits per heavy atom. The summed E-state index contributed by atoms with van der Waals surface area (Å²) in [4.78, 5) is 11.2. The summed E-state index contributed by atoms with van der Waals surface area (Å²) in [6.45, 7) is 6.41. The minimum absolute atomic E-state index is 0.00224. The molecule has 292 valence electrons. The quantitative estimate of drug-likeness (QED) is 0.0397.